The van der Waals surface area contributed by atoms with Gasteiger partial charge in [-0.15, -0.1) is 0 Å². The molecule has 0 bridgehead atoms. The Bertz CT molecular complexity index is 403. The van der Waals surface area contributed by atoms with Crippen molar-refractivity contribution in [3.8, 4) is 0 Å². The highest BCUT2D eigenvalue weighted by molar-refractivity contribution is 5.78. The summed E-state index contributed by atoms with van der Waals surface area (Å²) in [6.45, 7) is 10.3. The Hall–Kier alpha value is -0.610. The van der Waals surface area contributed by atoms with Gasteiger partial charge in [-0.2, -0.15) is 0 Å². The number of piperidine rings is 2. The second-order valence-electron chi connectivity index (χ2n) is 9.01. The molecule has 0 unspecified atom stereocenters. The van der Waals surface area contributed by atoms with Crippen LogP contribution in [0.3, 0.4) is 0 Å². The average Bonchev–Trinajstić information content (AvgIpc) is 2.63. The van der Waals surface area contributed by atoms with Crippen LogP contribution in [0.25, 0.3) is 0 Å². The van der Waals surface area contributed by atoms with Crippen molar-refractivity contribution in [1.82, 2.24) is 15.1 Å². The predicted molar refractivity (Wildman–Crippen MR) is 104 cm³/mol. The van der Waals surface area contributed by atoms with Gasteiger partial charge in [0, 0.05) is 24.5 Å². The molecular weight excluding hydrogens is 310 g/mol. The lowest BCUT2D eigenvalue weighted by Crippen LogP contribution is -2.50. The van der Waals surface area contributed by atoms with Crippen molar-refractivity contribution in [3.63, 3.8) is 0 Å². The largest absolute Gasteiger partial charge is 0.354 e. The maximum atomic E-state index is 12.2. The van der Waals surface area contributed by atoms with Crippen LogP contribution in [0.4, 0.5) is 0 Å². The van der Waals surface area contributed by atoms with Crippen LogP contribution in [0, 0.1) is 11.8 Å². The van der Waals surface area contributed by atoms with Gasteiger partial charge in [0.25, 0.3) is 0 Å². The SMILES string of the molecule is CC(C)NC(=O)C1CCN(C2CCN(CC3CCCCC3)CC2)CC1. The monoisotopic (exact) mass is 349 g/mol. The van der Waals surface area contributed by atoms with Crippen molar-refractivity contribution in [3.05, 3.63) is 0 Å². The fourth-order valence-corrected chi connectivity index (χ4v) is 5.13. The smallest absolute Gasteiger partial charge is 0.223 e. The van der Waals surface area contributed by atoms with Crippen LogP contribution in [0.2, 0.25) is 0 Å². The van der Waals surface area contributed by atoms with Gasteiger partial charge in [-0.25, -0.2) is 0 Å². The molecule has 3 rings (SSSR count). The highest BCUT2D eigenvalue weighted by atomic mass is 16.1. The highest BCUT2D eigenvalue weighted by Crippen LogP contribution is 2.27. The fourth-order valence-electron chi connectivity index (χ4n) is 5.13. The molecule has 3 aliphatic rings. The Morgan fingerprint density at radius 3 is 2.16 bits per heavy atom. The lowest BCUT2D eigenvalue weighted by atomic mass is 9.88. The molecule has 25 heavy (non-hydrogen) atoms. The Kier molecular flexibility index (Phi) is 7.18. The molecule has 0 radical (unpaired) electrons. The number of amides is 1. The summed E-state index contributed by atoms with van der Waals surface area (Å²) in [4.78, 5) is 17.6. The molecule has 1 saturated carbocycles. The van der Waals surface area contributed by atoms with Gasteiger partial charge in [0.15, 0.2) is 0 Å². The zero-order chi connectivity index (χ0) is 17.6. The van der Waals surface area contributed by atoms with Crippen LogP contribution < -0.4 is 5.32 Å². The van der Waals surface area contributed by atoms with Gasteiger partial charge < -0.3 is 15.1 Å². The van der Waals surface area contributed by atoms with Gasteiger partial charge in [-0.1, -0.05) is 19.3 Å². The van der Waals surface area contributed by atoms with Crippen molar-refractivity contribution in [2.75, 3.05) is 32.7 Å². The first-order valence-corrected chi connectivity index (χ1v) is 10.9. The molecule has 144 valence electrons. The molecule has 4 heteroatoms. The van der Waals surface area contributed by atoms with E-state index in [1.165, 1.54) is 64.6 Å². The van der Waals surface area contributed by atoms with Crippen LogP contribution in [0.15, 0.2) is 0 Å². The van der Waals surface area contributed by atoms with Crippen molar-refractivity contribution < 1.29 is 4.79 Å². The average molecular weight is 350 g/mol. The number of likely N-dealkylation sites (tertiary alicyclic amines) is 2. The highest BCUT2D eigenvalue weighted by Gasteiger charge is 2.31. The van der Waals surface area contributed by atoms with E-state index in [0.29, 0.717) is 0 Å². The van der Waals surface area contributed by atoms with Crippen molar-refractivity contribution >= 4 is 5.91 Å². The van der Waals surface area contributed by atoms with Gasteiger partial charge in [0.05, 0.1) is 0 Å². The van der Waals surface area contributed by atoms with Crippen LogP contribution >= 0.6 is 0 Å². The summed E-state index contributed by atoms with van der Waals surface area (Å²) in [5.41, 5.74) is 0. The van der Waals surface area contributed by atoms with E-state index >= 15 is 0 Å². The van der Waals surface area contributed by atoms with E-state index in [-0.39, 0.29) is 17.9 Å². The molecule has 4 nitrogen and oxygen atoms in total. The molecule has 2 aliphatic heterocycles. The molecule has 2 heterocycles. The van der Waals surface area contributed by atoms with Gasteiger partial charge in [0.1, 0.15) is 0 Å². The van der Waals surface area contributed by atoms with E-state index in [4.69, 9.17) is 0 Å². The minimum atomic E-state index is 0.241. The van der Waals surface area contributed by atoms with Gasteiger partial charge >= 0.3 is 0 Å². The van der Waals surface area contributed by atoms with E-state index in [0.717, 1.165) is 37.9 Å². The zero-order valence-electron chi connectivity index (χ0n) is 16.5. The normalized spacial score (nSPS) is 26.2. The first-order valence-electron chi connectivity index (χ1n) is 10.9. The topological polar surface area (TPSA) is 35.6 Å². The lowest BCUT2D eigenvalue weighted by molar-refractivity contribution is -0.127. The molecule has 0 atom stereocenters. The second-order valence-corrected chi connectivity index (χ2v) is 9.01. The lowest BCUT2D eigenvalue weighted by Gasteiger charge is -2.42. The minimum absolute atomic E-state index is 0.241. The van der Waals surface area contributed by atoms with Crippen LogP contribution in [0.5, 0.6) is 0 Å². The number of nitrogens with zero attached hydrogens (tertiary/aromatic N) is 2. The third-order valence-electron chi connectivity index (χ3n) is 6.65. The third kappa shape index (κ3) is 5.68. The molecule has 2 saturated heterocycles. The first kappa shape index (κ1) is 19.2. The summed E-state index contributed by atoms with van der Waals surface area (Å²) in [6, 6.07) is 1.02. The standard InChI is InChI=1S/C21H39N3O/c1-17(2)22-21(25)19-8-14-24(15-9-19)20-10-12-23(13-11-20)16-18-6-4-3-5-7-18/h17-20H,3-16H2,1-2H3,(H,22,25). The van der Waals surface area contributed by atoms with Gasteiger partial charge in [-0.05, 0) is 84.5 Å². The molecule has 1 N–H and O–H groups in total. The van der Waals surface area contributed by atoms with Crippen LogP contribution in [-0.2, 0) is 4.79 Å². The van der Waals surface area contributed by atoms with Crippen LogP contribution in [0.1, 0.15) is 71.6 Å². The summed E-state index contributed by atoms with van der Waals surface area (Å²) in [5, 5.41) is 3.09. The first-order chi connectivity index (χ1) is 12.1. The zero-order valence-corrected chi connectivity index (χ0v) is 16.5. The molecular formula is C21H39N3O. The van der Waals surface area contributed by atoms with Crippen molar-refractivity contribution in [2.24, 2.45) is 11.8 Å². The predicted octanol–water partition coefficient (Wildman–Crippen LogP) is 3.27. The molecule has 0 aromatic carbocycles. The summed E-state index contributed by atoms with van der Waals surface area (Å²) >= 11 is 0. The number of rotatable bonds is 5. The number of hydrogen-bond donors (Lipinski definition) is 1. The molecule has 1 amide bonds. The maximum Gasteiger partial charge on any atom is 0.223 e. The second kappa shape index (κ2) is 9.36. The Morgan fingerprint density at radius 1 is 0.920 bits per heavy atom. The third-order valence-corrected chi connectivity index (χ3v) is 6.65. The van der Waals surface area contributed by atoms with E-state index in [1.807, 2.05) is 13.8 Å². The maximum absolute atomic E-state index is 12.2. The van der Waals surface area contributed by atoms with Crippen molar-refractivity contribution in [2.45, 2.75) is 83.7 Å². The molecule has 0 aromatic rings. The molecule has 1 aliphatic carbocycles. The number of carbonyl (C=O) groups excluding carboxylic acids is 1. The Balaban J connectivity index is 1.35. The van der Waals surface area contributed by atoms with Crippen molar-refractivity contribution in [1.29, 1.82) is 0 Å². The fraction of sp³-hybridized carbons (Fsp3) is 0.952. The van der Waals surface area contributed by atoms with E-state index < -0.39 is 0 Å². The number of carbonyl (C=O) groups is 1. The Labute approximate surface area is 154 Å². The summed E-state index contributed by atoms with van der Waals surface area (Å²) < 4.78 is 0. The van der Waals surface area contributed by atoms with E-state index in [1.54, 1.807) is 0 Å². The number of hydrogen-bond acceptors (Lipinski definition) is 3. The molecule has 0 aromatic heterocycles. The van der Waals surface area contributed by atoms with E-state index in [2.05, 4.69) is 15.1 Å². The molecule has 0 spiro atoms. The summed E-state index contributed by atoms with van der Waals surface area (Å²) in [5.74, 6) is 1.49. The van der Waals surface area contributed by atoms with Gasteiger partial charge in [0.2, 0.25) is 5.91 Å². The minimum Gasteiger partial charge on any atom is -0.354 e. The molecule has 3 fully saturated rings. The quantitative estimate of drug-likeness (QED) is 0.827. The summed E-state index contributed by atoms with van der Waals surface area (Å²) in [6.07, 6.45) is 12.1. The summed E-state index contributed by atoms with van der Waals surface area (Å²) in [7, 11) is 0. The van der Waals surface area contributed by atoms with Gasteiger partial charge in [-0.3, -0.25) is 4.79 Å². The Morgan fingerprint density at radius 2 is 1.56 bits per heavy atom. The van der Waals surface area contributed by atoms with E-state index in [9.17, 15) is 4.79 Å². The number of nitrogens with one attached hydrogen (secondary N) is 1. The van der Waals surface area contributed by atoms with Crippen LogP contribution in [-0.4, -0.2) is 60.5 Å².